The summed E-state index contributed by atoms with van der Waals surface area (Å²) in [4.78, 5) is 9.62. The van der Waals surface area contributed by atoms with Gasteiger partial charge < -0.3 is 5.73 Å². The third kappa shape index (κ3) is 1.69. The van der Waals surface area contributed by atoms with Crippen molar-refractivity contribution in [1.29, 1.82) is 0 Å². The standard InChI is InChI=1S/C6H10F2N2O2/c7-3-1-5(9)6(10(11)12)2-4(3)8/h3-6H,1-2,9H2. The van der Waals surface area contributed by atoms with E-state index in [-0.39, 0.29) is 6.42 Å². The summed E-state index contributed by atoms with van der Waals surface area (Å²) in [5.74, 6) is 0. The summed E-state index contributed by atoms with van der Waals surface area (Å²) in [5, 5.41) is 10.3. The molecule has 0 aliphatic heterocycles. The van der Waals surface area contributed by atoms with Gasteiger partial charge in [-0.15, -0.1) is 0 Å². The first-order valence-corrected chi connectivity index (χ1v) is 3.69. The molecule has 70 valence electrons. The maximum Gasteiger partial charge on any atom is 0.230 e. The molecule has 0 aromatic carbocycles. The van der Waals surface area contributed by atoms with Gasteiger partial charge in [0.05, 0.1) is 12.5 Å². The van der Waals surface area contributed by atoms with Gasteiger partial charge in [-0.3, -0.25) is 10.1 Å². The first-order chi connectivity index (χ1) is 5.52. The minimum absolute atomic E-state index is 0.257. The van der Waals surface area contributed by atoms with Crippen molar-refractivity contribution in [3.63, 3.8) is 0 Å². The second-order valence-corrected chi connectivity index (χ2v) is 3.02. The summed E-state index contributed by atoms with van der Waals surface area (Å²) in [6, 6.07) is -1.99. The van der Waals surface area contributed by atoms with Crippen molar-refractivity contribution >= 4 is 0 Å². The van der Waals surface area contributed by atoms with Crippen LogP contribution in [0.2, 0.25) is 0 Å². The molecule has 2 N–H and O–H groups in total. The number of nitrogens with two attached hydrogens (primary N) is 1. The smallest absolute Gasteiger partial charge is 0.230 e. The lowest BCUT2D eigenvalue weighted by molar-refractivity contribution is -0.531. The molecule has 1 saturated carbocycles. The second kappa shape index (κ2) is 3.30. The van der Waals surface area contributed by atoms with Crippen LogP contribution in [0.3, 0.4) is 0 Å². The third-order valence-electron chi connectivity index (χ3n) is 2.12. The molecule has 1 rings (SSSR count). The maximum absolute atomic E-state index is 12.6. The van der Waals surface area contributed by atoms with Crippen molar-refractivity contribution in [2.24, 2.45) is 5.73 Å². The Morgan fingerprint density at radius 3 is 2.33 bits per heavy atom. The summed E-state index contributed by atoms with van der Waals surface area (Å²) in [6.45, 7) is 0. The van der Waals surface area contributed by atoms with Gasteiger partial charge in [0.15, 0.2) is 0 Å². The van der Waals surface area contributed by atoms with Gasteiger partial charge in [-0.1, -0.05) is 0 Å². The quantitative estimate of drug-likeness (QED) is 0.470. The molecule has 0 aromatic heterocycles. The average molecular weight is 180 g/mol. The van der Waals surface area contributed by atoms with Crippen molar-refractivity contribution in [2.75, 3.05) is 0 Å². The topological polar surface area (TPSA) is 69.2 Å². The van der Waals surface area contributed by atoms with Gasteiger partial charge >= 0.3 is 0 Å². The molecule has 1 aliphatic rings. The van der Waals surface area contributed by atoms with Gasteiger partial charge in [-0.2, -0.15) is 0 Å². The van der Waals surface area contributed by atoms with Crippen LogP contribution >= 0.6 is 0 Å². The first kappa shape index (κ1) is 9.31. The highest BCUT2D eigenvalue weighted by Gasteiger charge is 2.42. The Kier molecular flexibility index (Phi) is 2.56. The summed E-state index contributed by atoms with van der Waals surface area (Å²) in [6.07, 6.45) is -4.04. The van der Waals surface area contributed by atoms with Crippen LogP contribution < -0.4 is 5.73 Å². The van der Waals surface area contributed by atoms with Gasteiger partial charge in [-0.25, -0.2) is 8.78 Å². The van der Waals surface area contributed by atoms with E-state index in [2.05, 4.69) is 0 Å². The predicted molar refractivity (Wildman–Crippen MR) is 37.8 cm³/mol. The van der Waals surface area contributed by atoms with E-state index in [1.807, 2.05) is 0 Å². The Morgan fingerprint density at radius 2 is 1.83 bits per heavy atom. The number of hydrogen-bond donors (Lipinski definition) is 1. The molecule has 0 radical (unpaired) electrons. The zero-order chi connectivity index (χ0) is 9.30. The Hall–Kier alpha value is -0.780. The fraction of sp³-hybridized carbons (Fsp3) is 1.00. The van der Waals surface area contributed by atoms with Crippen molar-refractivity contribution in [3.05, 3.63) is 10.1 Å². The summed E-state index contributed by atoms with van der Waals surface area (Å²) in [5.41, 5.74) is 5.28. The Labute approximate surface area is 67.9 Å². The fourth-order valence-electron chi connectivity index (χ4n) is 1.36. The van der Waals surface area contributed by atoms with Crippen LogP contribution in [0.25, 0.3) is 0 Å². The molecule has 6 heteroatoms. The molecule has 0 heterocycles. The molecule has 1 aliphatic carbocycles. The van der Waals surface area contributed by atoms with Crippen molar-refractivity contribution in [2.45, 2.75) is 37.3 Å². The molecule has 0 aromatic rings. The van der Waals surface area contributed by atoms with E-state index >= 15 is 0 Å². The lowest BCUT2D eigenvalue weighted by Crippen LogP contribution is -2.49. The predicted octanol–water partition coefficient (Wildman–Crippen LogP) is 0.429. The van der Waals surface area contributed by atoms with Gasteiger partial charge in [0.2, 0.25) is 6.04 Å². The van der Waals surface area contributed by atoms with Crippen LogP contribution in [-0.4, -0.2) is 29.4 Å². The molecular formula is C6H10F2N2O2. The number of hydrogen-bond acceptors (Lipinski definition) is 3. The number of nitro groups is 1. The molecule has 12 heavy (non-hydrogen) atoms. The van der Waals surface area contributed by atoms with Gasteiger partial charge in [0, 0.05) is 11.3 Å². The van der Waals surface area contributed by atoms with Crippen LogP contribution in [0.1, 0.15) is 12.8 Å². The Balaban J connectivity index is 2.61. The van der Waals surface area contributed by atoms with Crippen LogP contribution in [0.15, 0.2) is 0 Å². The van der Waals surface area contributed by atoms with E-state index in [0.29, 0.717) is 0 Å². The largest absolute Gasteiger partial charge is 0.322 e. The van der Waals surface area contributed by atoms with Crippen LogP contribution in [0.4, 0.5) is 8.78 Å². The first-order valence-electron chi connectivity index (χ1n) is 3.69. The van der Waals surface area contributed by atoms with E-state index < -0.39 is 35.8 Å². The lowest BCUT2D eigenvalue weighted by atomic mass is 9.89. The highest BCUT2D eigenvalue weighted by Crippen LogP contribution is 2.25. The van der Waals surface area contributed by atoms with E-state index in [0.717, 1.165) is 0 Å². The molecule has 4 nitrogen and oxygen atoms in total. The number of alkyl halides is 2. The summed E-state index contributed by atoms with van der Waals surface area (Å²) in [7, 11) is 0. The van der Waals surface area contributed by atoms with E-state index in [1.54, 1.807) is 0 Å². The van der Waals surface area contributed by atoms with Crippen molar-refractivity contribution in [1.82, 2.24) is 0 Å². The normalized spacial score (nSPS) is 42.6. The fourth-order valence-corrected chi connectivity index (χ4v) is 1.36. The minimum Gasteiger partial charge on any atom is -0.322 e. The molecule has 4 unspecified atom stereocenters. The zero-order valence-corrected chi connectivity index (χ0v) is 6.32. The molecular weight excluding hydrogens is 170 g/mol. The maximum atomic E-state index is 12.6. The SMILES string of the molecule is NC1CC(F)C(F)CC1[N+](=O)[O-]. The van der Waals surface area contributed by atoms with E-state index in [1.165, 1.54) is 0 Å². The zero-order valence-electron chi connectivity index (χ0n) is 6.32. The number of rotatable bonds is 1. The lowest BCUT2D eigenvalue weighted by Gasteiger charge is -2.27. The minimum atomic E-state index is -1.74. The third-order valence-corrected chi connectivity index (χ3v) is 2.12. The van der Waals surface area contributed by atoms with Crippen LogP contribution in [-0.2, 0) is 0 Å². The molecule has 1 fully saturated rings. The highest BCUT2D eigenvalue weighted by molar-refractivity contribution is 4.88. The van der Waals surface area contributed by atoms with Crippen LogP contribution in [0.5, 0.6) is 0 Å². The average Bonchev–Trinajstić information content (AvgIpc) is 1.96. The van der Waals surface area contributed by atoms with Gasteiger partial charge in [0.1, 0.15) is 12.3 Å². The van der Waals surface area contributed by atoms with E-state index in [9.17, 15) is 18.9 Å². The summed E-state index contributed by atoms with van der Waals surface area (Å²) >= 11 is 0. The number of nitrogens with zero attached hydrogens (tertiary/aromatic N) is 1. The molecule has 4 atom stereocenters. The number of halogens is 2. The van der Waals surface area contributed by atoms with Gasteiger partial charge in [0.25, 0.3) is 0 Å². The van der Waals surface area contributed by atoms with Crippen molar-refractivity contribution in [3.8, 4) is 0 Å². The molecule has 0 spiro atoms. The summed E-state index contributed by atoms with van der Waals surface area (Å²) < 4.78 is 25.2. The monoisotopic (exact) mass is 180 g/mol. The molecule has 0 bridgehead atoms. The Morgan fingerprint density at radius 1 is 1.33 bits per heavy atom. The van der Waals surface area contributed by atoms with Crippen molar-refractivity contribution < 1.29 is 13.7 Å². The van der Waals surface area contributed by atoms with E-state index in [4.69, 9.17) is 5.73 Å². The Bertz CT molecular complexity index is 190. The van der Waals surface area contributed by atoms with Crippen LogP contribution in [0, 0.1) is 10.1 Å². The second-order valence-electron chi connectivity index (χ2n) is 3.02. The highest BCUT2D eigenvalue weighted by atomic mass is 19.2. The van der Waals surface area contributed by atoms with Gasteiger partial charge in [-0.05, 0) is 0 Å². The molecule has 0 amide bonds. The molecule has 0 saturated heterocycles.